The summed E-state index contributed by atoms with van der Waals surface area (Å²) < 4.78 is 0. The number of hydrogen-bond acceptors (Lipinski definition) is 3. The molecule has 3 amide bonds. The van der Waals surface area contributed by atoms with E-state index in [2.05, 4.69) is 19.2 Å². The maximum atomic E-state index is 13.0. The average molecular weight is 405 g/mol. The third-order valence-electron chi connectivity index (χ3n) is 6.29. The Balaban J connectivity index is 1.61. The van der Waals surface area contributed by atoms with Crippen LogP contribution >= 0.6 is 0 Å². The van der Waals surface area contributed by atoms with Gasteiger partial charge in [-0.2, -0.15) is 0 Å². The Labute approximate surface area is 177 Å². The number of fused-ring (bicyclic) bond motifs is 1. The summed E-state index contributed by atoms with van der Waals surface area (Å²) in [6, 6.07) is 10.8. The van der Waals surface area contributed by atoms with Crippen molar-refractivity contribution in [1.29, 1.82) is 0 Å². The van der Waals surface area contributed by atoms with E-state index in [1.165, 1.54) is 4.90 Å². The van der Waals surface area contributed by atoms with E-state index >= 15 is 0 Å². The van der Waals surface area contributed by atoms with Crippen LogP contribution in [0, 0.1) is 6.92 Å². The molecule has 2 aromatic rings. The molecule has 5 heteroatoms. The van der Waals surface area contributed by atoms with Gasteiger partial charge in [0.2, 0.25) is 0 Å². The molecule has 2 aromatic carbocycles. The predicted octanol–water partition coefficient (Wildman–Crippen LogP) is 5.30. The molecule has 1 saturated carbocycles. The van der Waals surface area contributed by atoms with Gasteiger partial charge in [0.05, 0.1) is 11.1 Å². The number of para-hydroxylation sites is 1. The Morgan fingerprint density at radius 2 is 1.70 bits per heavy atom. The van der Waals surface area contributed by atoms with Gasteiger partial charge >= 0.3 is 0 Å². The molecule has 0 spiro atoms. The molecule has 2 aliphatic rings. The summed E-state index contributed by atoms with van der Waals surface area (Å²) in [5, 5.41) is 3.02. The van der Waals surface area contributed by atoms with Crippen LogP contribution in [-0.2, 0) is 0 Å². The molecule has 0 aromatic heterocycles. The summed E-state index contributed by atoms with van der Waals surface area (Å²) in [6.07, 6.45) is 4.97. The number of amides is 3. The van der Waals surface area contributed by atoms with Gasteiger partial charge < -0.3 is 5.32 Å². The summed E-state index contributed by atoms with van der Waals surface area (Å²) in [5.74, 6) is -0.501. The van der Waals surface area contributed by atoms with Gasteiger partial charge in [-0.05, 0) is 55.0 Å². The van der Waals surface area contributed by atoms with Gasteiger partial charge in [-0.1, -0.05) is 51.3 Å². The number of benzene rings is 2. The fourth-order valence-electron chi connectivity index (χ4n) is 4.60. The molecule has 0 atom stereocenters. The highest BCUT2D eigenvalue weighted by Crippen LogP contribution is 2.32. The Kier molecular flexibility index (Phi) is 5.46. The molecule has 1 heterocycles. The fraction of sp³-hybridized carbons (Fsp3) is 0.400. The van der Waals surface area contributed by atoms with Gasteiger partial charge in [-0.3, -0.25) is 19.3 Å². The number of anilines is 1. The van der Waals surface area contributed by atoms with Crippen LogP contribution in [0.3, 0.4) is 0 Å². The molecule has 0 bridgehead atoms. The van der Waals surface area contributed by atoms with Crippen LogP contribution in [0.15, 0.2) is 36.4 Å². The molecule has 1 aliphatic carbocycles. The lowest BCUT2D eigenvalue weighted by Gasteiger charge is -2.29. The maximum absolute atomic E-state index is 13.0. The first kappa shape index (κ1) is 20.3. The number of hydrogen-bond donors (Lipinski definition) is 1. The van der Waals surface area contributed by atoms with Crippen molar-refractivity contribution in [2.45, 2.75) is 64.8 Å². The Morgan fingerprint density at radius 3 is 2.40 bits per heavy atom. The molecule has 0 saturated heterocycles. The molecular weight excluding hydrogens is 376 g/mol. The zero-order valence-electron chi connectivity index (χ0n) is 17.8. The summed E-state index contributed by atoms with van der Waals surface area (Å²) >= 11 is 0. The van der Waals surface area contributed by atoms with E-state index < -0.39 is 0 Å². The molecule has 5 nitrogen and oxygen atoms in total. The van der Waals surface area contributed by atoms with E-state index in [0.29, 0.717) is 16.7 Å². The Hall–Kier alpha value is -2.95. The van der Waals surface area contributed by atoms with Crippen molar-refractivity contribution in [2.75, 3.05) is 5.32 Å². The first-order valence-electron chi connectivity index (χ1n) is 10.8. The van der Waals surface area contributed by atoms with Crippen molar-refractivity contribution in [2.24, 2.45) is 0 Å². The number of nitrogens with one attached hydrogen (secondary N) is 1. The number of aryl methyl sites for hydroxylation is 1. The third kappa shape index (κ3) is 3.53. The molecule has 1 aliphatic heterocycles. The normalized spacial score (nSPS) is 16.9. The SMILES string of the molecule is Cc1cccc(C(C)C)c1NC(=O)c1ccc2c(c1)C(=O)N(C1CCCCC1)C2=O. The van der Waals surface area contributed by atoms with Gasteiger partial charge in [-0.25, -0.2) is 0 Å². The van der Waals surface area contributed by atoms with E-state index in [-0.39, 0.29) is 29.7 Å². The average Bonchev–Trinajstić information content (AvgIpc) is 2.99. The van der Waals surface area contributed by atoms with E-state index in [0.717, 1.165) is 48.9 Å². The topological polar surface area (TPSA) is 66.5 Å². The van der Waals surface area contributed by atoms with Crippen molar-refractivity contribution in [3.05, 3.63) is 64.2 Å². The molecule has 1 N–H and O–H groups in total. The minimum atomic E-state index is -0.273. The van der Waals surface area contributed by atoms with Crippen molar-refractivity contribution in [3.63, 3.8) is 0 Å². The standard InChI is InChI=1S/C25H28N2O3/c1-15(2)19-11-7-8-16(3)22(19)26-23(28)17-12-13-20-21(14-17)25(30)27(24(20)29)18-9-5-4-6-10-18/h7-8,11-15,18H,4-6,9-10H2,1-3H3,(H,26,28). The van der Waals surface area contributed by atoms with Gasteiger partial charge in [0, 0.05) is 17.3 Å². The van der Waals surface area contributed by atoms with Crippen LogP contribution in [-0.4, -0.2) is 28.7 Å². The molecule has 0 radical (unpaired) electrons. The maximum Gasteiger partial charge on any atom is 0.261 e. The molecule has 156 valence electrons. The highest BCUT2D eigenvalue weighted by atomic mass is 16.2. The summed E-state index contributed by atoms with van der Waals surface area (Å²) in [7, 11) is 0. The molecular formula is C25H28N2O3. The largest absolute Gasteiger partial charge is 0.321 e. The van der Waals surface area contributed by atoms with E-state index in [1.54, 1.807) is 18.2 Å². The molecule has 30 heavy (non-hydrogen) atoms. The Morgan fingerprint density at radius 1 is 1.00 bits per heavy atom. The predicted molar refractivity (Wildman–Crippen MR) is 117 cm³/mol. The summed E-state index contributed by atoms with van der Waals surface area (Å²) in [6.45, 7) is 6.14. The lowest BCUT2D eigenvalue weighted by Crippen LogP contribution is -2.40. The quantitative estimate of drug-likeness (QED) is 0.703. The van der Waals surface area contributed by atoms with E-state index in [1.807, 2.05) is 25.1 Å². The van der Waals surface area contributed by atoms with Gasteiger partial charge in [0.25, 0.3) is 17.7 Å². The summed E-state index contributed by atoms with van der Waals surface area (Å²) in [5.41, 5.74) is 4.00. The lowest BCUT2D eigenvalue weighted by molar-refractivity contribution is 0.0549. The number of carbonyl (C=O) groups excluding carboxylic acids is 3. The Bertz CT molecular complexity index is 1020. The highest BCUT2D eigenvalue weighted by molar-refractivity contribution is 6.22. The fourth-order valence-corrected chi connectivity index (χ4v) is 4.60. The molecule has 0 unspecified atom stereocenters. The number of nitrogens with zero attached hydrogens (tertiary/aromatic N) is 1. The van der Waals surface area contributed by atoms with Crippen LogP contribution < -0.4 is 5.32 Å². The minimum Gasteiger partial charge on any atom is -0.321 e. The van der Waals surface area contributed by atoms with Crippen LogP contribution in [0.4, 0.5) is 5.69 Å². The number of imide groups is 1. The number of rotatable bonds is 4. The van der Waals surface area contributed by atoms with Crippen molar-refractivity contribution in [3.8, 4) is 0 Å². The second kappa shape index (κ2) is 8.05. The van der Waals surface area contributed by atoms with Gasteiger partial charge in [0.15, 0.2) is 0 Å². The third-order valence-corrected chi connectivity index (χ3v) is 6.29. The zero-order chi connectivity index (χ0) is 21.4. The monoisotopic (exact) mass is 404 g/mol. The first-order valence-corrected chi connectivity index (χ1v) is 10.8. The van der Waals surface area contributed by atoms with Gasteiger partial charge in [0.1, 0.15) is 0 Å². The van der Waals surface area contributed by atoms with Gasteiger partial charge in [-0.15, -0.1) is 0 Å². The van der Waals surface area contributed by atoms with Crippen LogP contribution in [0.1, 0.15) is 94.1 Å². The second-order valence-electron chi connectivity index (χ2n) is 8.68. The summed E-state index contributed by atoms with van der Waals surface area (Å²) in [4.78, 5) is 40.3. The second-order valence-corrected chi connectivity index (χ2v) is 8.68. The molecule has 1 fully saturated rings. The van der Waals surface area contributed by atoms with Crippen molar-refractivity contribution < 1.29 is 14.4 Å². The van der Waals surface area contributed by atoms with Crippen LogP contribution in [0.2, 0.25) is 0 Å². The lowest BCUT2D eigenvalue weighted by atomic mass is 9.94. The first-order chi connectivity index (χ1) is 14.4. The van der Waals surface area contributed by atoms with Crippen LogP contribution in [0.25, 0.3) is 0 Å². The van der Waals surface area contributed by atoms with E-state index in [9.17, 15) is 14.4 Å². The number of carbonyl (C=O) groups is 3. The minimum absolute atomic E-state index is 0.0241. The van der Waals surface area contributed by atoms with E-state index in [4.69, 9.17) is 0 Å². The highest BCUT2D eigenvalue weighted by Gasteiger charge is 2.40. The smallest absolute Gasteiger partial charge is 0.261 e. The van der Waals surface area contributed by atoms with Crippen molar-refractivity contribution in [1.82, 2.24) is 4.90 Å². The van der Waals surface area contributed by atoms with Crippen molar-refractivity contribution >= 4 is 23.4 Å². The van der Waals surface area contributed by atoms with Crippen LogP contribution in [0.5, 0.6) is 0 Å². The molecule has 4 rings (SSSR count). The zero-order valence-corrected chi connectivity index (χ0v) is 17.8.